The number of β-amino-alcohol motifs (C(OH)–C–C–N with tert-alkyl or cyclic N) is 1. The highest BCUT2D eigenvalue weighted by Crippen LogP contribution is 2.29. The van der Waals surface area contributed by atoms with Gasteiger partial charge in [-0.3, -0.25) is 9.59 Å². The molecule has 0 spiro atoms. The summed E-state index contributed by atoms with van der Waals surface area (Å²) in [4.78, 5) is 30.9. The number of amides is 2. The molecule has 3 heterocycles. The Labute approximate surface area is 198 Å². The number of carbonyl (C=O) groups is 2. The van der Waals surface area contributed by atoms with E-state index in [1.165, 1.54) is 11.3 Å². The fraction of sp³-hybridized carbons (Fsp3) is 0.375. The molecule has 176 valence electrons. The summed E-state index contributed by atoms with van der Waals surface area (Å²) in [5.74, 6) is -0.628. The van der Waals surface area contributed by atoms with Gasteiger partial charge in [0.15, 0.2) is 5.13 Å². The van der Waals surface area contributed by atoms with Crippen LogP contribution in [0, 0.1) is 0 Å². The Kier molecular flexibility index (Phi) is 8.62. The number of hydrogen-bond acceptors (Lipinski definition) is 6. The minimum atomic E-state index is -0.332. The lowest BCUT2D eigenvalue weighted by atomic mass is 10.1. The smallest absolute Gasteiger partial charge is 0.253 e. The number of anilines is 2. The van der Waals surface area contributed by atoms with E-state index in [2.05, 4.69) is 26.6 Å². The van der Waals surface area contributed by atoms with Gasteiger partial charge in [-0.25, -0.2) is 4.98 Å². The van der Waals surface area contributed by atoms with Crippen molar-refractivity contribution in [2.24, 2.45) is 7.05 Å². The van der Waals surface area contributed by atoms with Crippen LogP contribution in [0.25, 0.3) is 11.3 Å². The molecule has 4 rings (SSSR count). The number of aliphatic hydroxyl groups is 1. The average Bonchev–Trinajstić information content (AvgIpc) is 3.48. The van der Waals surface area contributed by atoms with Crippen molar-refractivity contribution in [3.63, 3.8) is 0 Å². The van der Waals surface area contributed by atoms with Gasteiger partial charge < -0.3 is 25.2 Å². The van der Waals surface area contributed by atoms with Crippen molar-refractivity contribution in [2.45, 2.75) is 32.8 Å². The van der Waals surface area contributed by atoms with Gasteiger partial charge in [0.1, 0.15) is 0 Å². The lowest BCUT2D eigenvalue weighted by molar-refractivity contribution is -0.115. The highest BCUT2D eigenvalue weighted by atomic mass is 32.1. The summed E-state index contributed by atoms with van der Waals surface area (Å²) in [6.45, 7) is 5.43. The van der Waals surface area contributed by atoms with E-state index in [1.807, 2.05) is 44.5 Å². The number of thiazole rings is 1. The van der Waals surface area contributed by atoms with E-state index in [1.54, 1.807) is 23.0 Å². The topological polar surface area (TPSA) is 99.5 Å². The maximum Gasteiger partial charge on any atom is 0.253 e. The number of piperidine rings is 1. The molecular weight excluding hydrogens is 438 g/mol. The van der Waals surface area contributed by atoms with Crippen LogP contribution >= 0.6 is 11.3 Å². The zero-order valence-electron chi connectivity index (χ0n) is 19.2. The molecule has 0 saturated carbocycles. The van der Waals surface area contributed by atoms with E-state index in [0.29, 0.717) is 17.2 Å². The number of benzene rings is 1. The van der Waals surface area contributed by atoms with Crippen LogP contribution in [0.15, 0.2) is 48.1 Å². The van der Waals surface area contributed by atoms with E-state index in [0.717, 1.165) is 36.3 Å². The van der Waals surface area contributed by atoms with Gasteiger partial charge in [0.05, 0.1) is 23.9 Å². The lowest BCUT2D eigenvalue weighted by Gasteiger charge is -2.32. The summed E-state index contributed by atoms with van der Waals surface area (Å²) in [7, 11) is 1.83. The van der Waals surface area contributed by atoms with Crippen LogP contribution in [-0.2, 0) is 11.8 Å². The van der Waals surface area contributed by atoms with E-state index >= 15 is 0 Å². The maximum atomic E-state index is 12.2. The first-order valence-electron chi connectivity index (χ1n) is 11.2. The molecule has 1 aliphatic heterocycles. The number of aryl methyl sites for hydroxylation is 1. The Morgan fingerprint density at radius 3 is 2.82 bits per heavy atom. The summed E-state index contributed by atoms with van der Waals surface area (Å²) in [6.07, 6.45) is 4.99. The minimum absolute atomic E-state index is 0.130. The molecular formula is C24H31N5O3S. The maximum absolute atomic E-state index is 12.2. The van der Waals surface area contributed by atoms with Gasteiger partial charge >= 0.3 is 0 Å². The number of aliphatic hydroxyl groups excluding tert-OH is 1. The molecule has 1 aromatic carbocycles. The van der Waals surface area contributed by atoms with Crippen LogP contribution in [0.4, 0.5) is 10.8 Å². The first kappa shape index (κ1) is 24.5. The van der Waals surface area contributed by atoms with Crippen LogP contribution < -0.4 is 15.5 Å². The zero-order valence-corrected chi connectivity index (χ0v) is 20.1. The molecule has 2 aromatic heterocycles. The molecule has 1 saturated heterocycles. The molecule has 1 unspecified atom stereocenters. The van der Waals surface area contributed by atoms with Gasteiger partial charge in [0.25, 0.3) is 5.91 Å². The summed E-state index contributed by atoms with van der Waals surface area (Å²) in [5, 5.41) is 17.6. The molecule has 3 aromatic rings. The van der Waals surface area contributed by atoms with Crippen LogP contribution in [0.2, 0.25) is 0 Å². The molecule has 3 N–H and O–H groups in total. The molecule has 1 fully saturated rings. The molecule has 33 heavy (non-hydrogen) atoms. The summed E-state index contributed by atoms with van der Waals surface area (Å²) in [5.41, 5.74) is 3.28. The lowest BCUT2D eigenvalue weighted by Crippen LogP contribution is -2.38. The third kappa shape index (κ3) is 6.66. The van der Waals surface area contributed by atoms with E-state index in [9.17, 15) is 14.7 Å². The van der Waals surface area contributed by atoms with Crippen molar-refractivity contribution in [1.82, 2.24) is 14.9 Å². The number of nitrogens with one attached hydrogen (secondary N) is 2. The van der Waals surface area contributed by atoms with Crippen molar-refractivity contribution < 1.29 is 14.7 Å². The SMILES string of the molecule is CC.Cn1ccc(C(=O)NCC(=O)Nc2nc(-c3cccc(N4CCCC(O)C4)c3)cs2)c1. The van der Waals surface area contributed by atoms with Gasteiger partial charge in [-0.15, -0.1) is 11.3 Å². The van der Waals surface area contributed by atoms with E-state index in [-0.39, 0.29) is 24.5 Å². The number of carbonyl (C=O) groups excluding carboxylic acids is 2. The Morgan fingerprint density at radius 1 is 1.27 bits per heavy atom. The number of aromatic nitrogens is 2. The standard InChI is InChI=1S/C22H25N5O3S.C2H6/c1-26-9-7-16(12-26)21(30)23-11-20(29)25-22-24-19(14-31-22)15-4-2-5-17(10-15)27-8-3-6-18(28)13-27;1-2/h2,4-5,7,9-10,12,14,18,28H,3,6,8,11,13H2,1H3,(H,23,30)(H,24,25,29);1-2H3. The highest BCUT2D eigenvalue weighted by Gasteiger charge is 2.18. The summed E-state index contributed by atoms with van der Waals surface area (Å²) < 4.78 is 1.77. The molecule has 0 radical (unpaired) electrons. The Hall–Kier alpha value is -3.17. The molecule has 8 nitrogen and oxygen atoms in total. The predicted octanol–water partition coefficient (Wildman–Crippen LogP) is 3.50. The average molecular weight is 470 g/mol. The summed E-state index contributed by atoms with van der Waals surface area (Å²) in [6, 6.07) is 9.73. The Bertz CT molecular complexity index is 1080. The van der Waals surface area contributed by atoms with E-state index in [4.69, 9.17) is 0 Å². The molecule has 0 bridgehead atoms. The number of rotatable bonds is 6. The fourth-order valence-electron chi connectivity index (χ4n) is 3.58. The highest BCUT2D eigenvalue weighted by molar-refractivity contribution is 7.14. The van der Waals surface area contributed by atoms with Gasteiger partial charge in [-0.05, 0) is 31.0 Å². The Balaban J connectivity index is 0.00000149. The van der Waals surface area contributed by atoms with Crippen molar-refractivity contribution >= 4 is 34.0 Å². The van der Waals surface area contributed by atoms with Gasteiger partial charge in [-0.1, -0.05) is 26.0 Å². The fourth-order valence-corrected chi connectivity index (χ4v) is 4.31. The van der Waals surface area contributed by atoms with Gasteiger partial charge in [0.2, 0.25) is 5.91 Å². The first-order chi connectivity index (χ1) is 16.0. The third-order valence-corrected chi connectivity index (χ3v) is 5.92. The van der Waals surface area contributed by atoms with Crippen LogP contribution in [0.5, 0.6) is 0 Å². The van der Waals surface area contributed by atoms with Crippen LogP contribution in [0.1, 0.15) is 37.0 Å². The quantitative estimate of drug-likeness (QED) is 0.513. The normalized spacial score (nSPS) is 15.4. The second-order valence-electron chi connectivity index (χ2n) is 7.63. The predicted molar refractivity (Wildman–Crippen MR) is 133 cm³/mol. The van der Waals surface area contributed by atoms with Crippen molar-refractivity contribution in [2.75, 3.05) is 29.9 Å². The molecule has 1 aliphatic rings. The van der Waals surface area contributed by atoms with Crippen molar-refractivity contribution in [1.29, 1.82) is 0 Å². The largest absolute Gasteiger partial charge is 0.391 e. The third-order valence-electron chi connectivity index (χ3n) is 5.16. The minimum Gasteiger partial charge on any atom is -0.391 e. The monoisotopic (exact) mass is 469 g/mol. The van der Waals surface area contributed by atoms with Gasteiger partial charge in [0, 0.05) is 49.2 Å². The Morgan fingerprint density at radius 2 is 2.09 bits per heavy atom. The molecule has 9 heteroatoms. The molecule has 0 aliphatic carbocycles. The first-order valence-corrected chi connectivity index (χ1v) is 12.0. The van der Waals surface area contributed by atoms with Gasteiger partial charge in [-0.2, -0.15) is 0 Å². The number of nitrogens with zero attached hydrogens (tertiary/aromatic N) is 3. The molecule has 1 atom stereocenters. The number of hydrogen-bond donors (Lipinski definition) is 3. The zero-order chi connectivity index (χ0) is 23.8. The van der Waals surface area contributed by atoms with Crippen molar-refractivity contribution in [3.8, 4) is 11.3 Å². The van der Waals surface area contributed by atoms with Crippen LogP contribution in [-0.4, -0.2) is 52.2 Å². The van der Waals surface area contributed by atoms with Crippen molar-refractivity contribution in [3.05, 3.63) is 53.7 Å². The molecule has 2 amide bonds. The second-order valence-corrected chi connectivity index (χ2v) is 8.48. The van der Waals surface area contributed by atoms with Crippen LogP contribution in [0.3, 0.4) is 0 Å². The summed E-state index contributed by atoms with van der Waals surface area (Å²) >= 11 is 1.34. The second kappa shape index (κ2) is 11.6. The van der Waals surface area contributed by atoms with E-state index < -0.39 is 0 Å².